The van der Waals surface area contributed by atoms with Crippen LogP contribution in [0.4, 0.5) is 10.7 Å². The number of methoxy groups -OCH3 is 2. The van der Waals surface area contributed by atoms with E-state index in [2.05, 4.69) is 5.32 Å². The van der Waals surface area contributed by atoms with Crippen molar-refractivity contribution < 1.29 is 28.8 Å². The van der Waals surface area contributed by atoms with Crippen molar-refractivity contribution in [3.63, 3.8) is 0 Å². The number of carbonyl (C=O) groups excluding carboxylic acids is 3. The summed E-state index contributed by atoms with van der Waals surface area (Å²) in [4.78, 5) is 49.4. The first-order chi connectivity index (χ1) is 13.6. The number of ether oxygens (including phenoxy) is 2. The molecule has 154 valence electrons. The summed E-state index contributed by atoms with van der Waals surface area (Å²) in [6.45, 7) is 1.58. The Hall–Kier alpha value is -3.47. The Labute approximate surface area is 170 Å². The molecule has 1 heterocycles. The van der Waals surface area contributed by atoms with E-state index in [0.717, 1.165) is 17.4 Å². The predicted octanol–water partition coefficient (Wildman–Crippen LogP) is 2.71. The average Bonchev–Trinajstić information content (AvgIpc) is 3.01. The van der Waals surface area contributed by atoms with Crippen LogP contribution in [0.15, 0.2) is 18.2 Å². The predicted molar refractivity (Wildman–Crippen MR) is 106 cm³/mol. The van der Waals surface area contributed by atoms with Gasteiger partial charge in [0.05, 0.1) is 29.6 Å². The van der Waals surface area contributed by atoms with Gasteiger partial charge in [0.2, 0.25) is 0 Å². The number of anilines is 1. The fraction of sp³-hybridized carbons (Fsp3) is 0.278. The van der Waals surface area contributed by atoms with Crippen LogP contribution in [0, 0.1) is 17.0 Å². The van der Waals surface area contributed by atoms with Crippen molar-refractivity contribution in [2.45, 2.75) is 6.92 Å². The molecule has 1 aromatic heterocycles. The van der Waals surface area contributed by atoms with Gasteiger partial charge >= 0.3 is 11.7 Å². The Bertz CT molecular complexity index is 998. The third kappa shape index (κ3) is 4.35. The molecule has 0 aliphatic rings. The second-order valence-electron chi connectivity index (χ2n) is 6.05. The second kappa shape index (κ2) is 8.69. The van der Waals surface area contributed by atoms with Crippen molar-refractivity contribution >= 4 is 39.8 Å². The highest BCUT2D eigenvalue weighted by Crippen LogP contribution is 2.35. The Morgan fingerprint density at radius 2 is 1.86 bits per heavy atom. The van der Waals surface area contributed by atoms with Gasteiger partial charge < -0.3 is 19.7 Å². The molecule has 2 aromatic rings. The first kappa shape index (κ1) is 21.8. The van der Waals surface area contributed by atoms with Crippen LogP contribution < -0.4 is 10.1 Å². The standard InChI is InChI=1S/C18H19N3O7S/c1-9-13(18(24)28-5)16(29-14(9)17(23)20(2)3)19-15(22)10-6-7-12(27-4)11(8-10)21(25)26/h6-8H,1-5H3,(H,19,22). The molecule has 29 heavy (non-hydrogen) atoms. The molecule has 2 amide bonds. The molecule has 10 nitrogen and oxygen atoms in total. The molecule has 2 rings (SSSR count). The van der Waals surface area contributed by atoms with E-state index in [9.17, 15) is 24.5 Å². The van der Waals surface area contributed by atoms with Crippen LogP contribution in [0.25, 0.3) is 0 Å². The lowest BCUT2D eigenvalue weighted by molar-refractivity contribution is -0.385. The van der Waals surface area contributed by atoms with Gasteiger partial charge in [0.15, 0.2) is 5.75 Å². The Morgan fingerprint density at radius 1 is 1.21 bits per heavy atom. The third-order valence-electron chi connectivity index (χ3n) is 4.00. The average molecular weight is 421 g/mol. The van der Waals surface area contributed by atoms with Gasteiger partial charge in [0.1, 0.15) is 5.00 Å². The van der Waals surface area contributed by atoms with E-state index >= 15 is 0 Å². The number of carbonyl (C=O) groups is 3. The van der Waals surface area contributed by atoms with Crippen LogP contribution in [0.2, 0.25) is 0 Å². The molecule has 0 unspecified atom stereocenters. The molecule has 0 fully saturated rings. The van der Waals surface area contributed by atoms with Gasteiger partial charge in [0, 0.05) is 25.7 Å². The van der Waals surface area contributed by atoms with Crippen LogP contribution in [0.3, 0.4) is 0 Å². The van der Waals surface area contributed by atoms with Crippen molar-refractivity contribution in [1.82, 2.24) is 4.90 Å². The van der Waals surface area contributed by atoms with Crippen molar-refractivity contribution in [3.8, 4) is 5.75 Å². The summed E-state index contributed by atoms with van der Waals surface area (Å²) in [5, 5.41) is 13.8. The fourth-order valence-electron chi connectivity index (χ4n) is 2.51. The van der Waals surface area contributed by atoms with Crippen LogP contribution in [0.5, 0.6) is 5.75 Å². The molecule has 1 aromatic carbocycles. The minimum atomic E-state index is -0.715. The molecule has 0 aliphatic carbocycles. The summed E-state index contributed by atoms with van der Waals surface area (Å²) >= 11 is 0.925. The van der Waals surface area contributed by atoms with E-state index in [1.165, 1.54) is 31.3 Å². The maximum atomic E-state index is 12.7. The number of hydrogen-bond donors (Lipinski definition) is 1. The van der Waals surface area contributed by atoms with Gasteiger partial charge in [0.25, 0.3) is 11.8 Å². The third-order valence-corrected chi connectivity index (χ3v) is 5.20. The maximum Gasteiger partial charge on any atom is 0.341 e. The number of rotatable bonds is 6. The lowest BCUT2D eigenvalue weighted by Gasteiger charge is -2.08. The summed E-state index contributed by atoms with van der Waals surface area (Å²) in [7, 11) is 5.59. The molecule has 0 saturated carbocycles. The van der Waals surface area contributed by atoms with Gasteiger partial charge in [-0.2, -0.15) is 0 Å². The number of nitrogens with zero attached hydrogens (tertiary/aromatic N) is 2. The number of nitrogens with one attached hydrogen (secondary N) is 1. The van der Waals surface area contributed by atoms with E-state index in [-0.39, 0.29) is 38.3 Å². The molecule has 0 saturated heterocycles. The monoisotopic (exact) mass is 421 g/mol. The molecule has 0 atom stereocenters. The SMILES string of the molecule is COC(=O)c1c(NC(=O)c2ccc(OC)c([N+](=O)[O-])c2)sc(C(=O)N(C)C)c1C. The van der Waals surface area contributed by atoms with Gasteiger partial charge in [-0.1, -0.05) is 0 Å². The first-order valence-electron chi connectivity index (χ1n) is 8.19. The zero-order valence-electron chi connectivity index (χ0n) is 16.4. The number of thiophene rings is 1. The van der Waals surface area contributed by atoms with Crippen molar-refractivity contribution in [3.05, 3.63) is 49.9 Å². The summed E-state index contributed by atoms with van der Waals surface area (Å²) in [5.74, 6) is -1.73. The minimum Gasteiger partial charge on any atom is -0.490 e. The van der Waals surface area contributed by atoms with Gasteiger partial charge in [-0.3, -0.25) is 19.7 Å². The van der Waals surface area contributed by atoms with Crippen LogP contribution in [-0.2, 0) is 4.74 Å². The molecular weight excluding hydrogens is 402 g/mol. The quantitative estimate of drug-likeness (QED) is 0.431. The molecular formula is C18H19N3O7S. The number of esters is 1. The molecule has 0 aliphatic heterocycles. The van der Waals surface area contributed by atoms with E-state index in [0.29, 0.717) is 5.56 Å². The van der Waals surface area contributed by atoms with Crippen molar-refractivity contribution in [2.75, 3.05) is 33.6 Å². The summed E-state index contributed by atoms with van der Waals surface area (Å²) in [6.07, 6.45) is 0. The van der Waals surface area contributed by atoms with Crippen LogP contribution >= 0.6 is 11.3 Å². The van der Waals surface area contributed by atoms with Gasteiger partial charge in [-0.15, -0.1) is 11.3 Å². The van der Waals surface area contributed by atoms with Crippen molar-refractivity contribution in [2.24, 2.45) is 0 Å². The lowest BCUT2D eigenvalue weighted by atomic mass is 10.1. The Balaban J connectivity index is 2.48. The second-order valence-corrected chi connectivity index (χ2v) is 7.07. The number of nitro groups is 1. The number of nitro benzene ring substituents is 1. The molecule has 0 radical (unpaired) electrons. The molecule has 0 bridgehead atoms. The summed E-state index contributed by atoms with van der Waals surface area (Å²) in [6, 6.07) is 3.72. The number of amides is 2. The first-order valence-corrected chi connectivity index (χ1v) is 9.01. The van der Waals surface area contributed by atoms with Crippen LogP contribution in [-0.4, -0.2) is 55.9 Å². The maximum absolute atomic E-state index is 12.7. The highest BCUT2D eigenvalue weighted by Gasteiger charge is 2.27. The van der Waals surface area contributed by atoms with E-state index in [1.807, 2.05) is 0 Å². The lowest BCUT2D eigenvalue weighted by Crippen LogP contribution is -2.21. The van der Waals surface area contributed by atoms with Gasteiger partial charge in [-0.25, -0.2) is 4.79 Å². The fourth-order valence-corrected chi connectivity index (χ4v) is 3.72. The summed E-state index contributed by atoms with van der Waals surface area (Å²) < 4.78 is 9.68. The van der Waals surface area contributed by atoms with E-state index < -0.39 is 16.8 Å². The van der Waals surface area contributed by atoms with E-state index in [1.54, 1.807) is 21.0 Å². The smallest absolute Gasteiger partial charge is 0.341 e. The molecule has 11 heteroatoms. The zero-order chi connectivity index (χ0) is 21.9. The Kier molecular flexibility index (Phi) is 6.54. The minimum absolute atomic E-state index is 0.00707. The highest BCUT2D eigenvalue weighted by atomic mass is 32.1. The normalized spacial score (nSPS) is 10.2. The van der Waals surface area contributed by atoms with Gasteiger partial charge in [-0.05, 0) is 24.6 Å². The van der Waals surface area contributed by atoms with E-state index in [4.69, 9.17) is 9.47 Å². The molecule has 0 spiro atoms. The largest absolute Gasteiger partial charge is 0.490 e. The summed E-state index contributed by atoms with van der Waals surface area (Å²) in [5.41, 5.74) is 0.0367. The highest BCUT2D eigenvalue weighted by molar-refractivity contribution is 7.18. The topological polar surface area (TPSA) is 128 Å². The van der Waals surface area contributed by atoms with Crippen LogP contribution in [0.1, 0.15) is 36.0 Å². The number of hydrogen-bond acceptors (Lipinski definition) is 8. The Morgan fingerprint density at radius 3 is 2.38 bits per heavy atom. The zero-order valence-corrected chi connectivity index (χ0v) is 17.2. The molecule has 1 N–H and O–H groups in total. The van der Waals surface area contributed by atoms with Crippen molar-refractivity contribution in [1.29, 1.82) is 0 Å². The number of benzene rings is 1.